The average molecular weight is 658 g/mol. The molecule has 0 fully saturated rings. The summed E-state index contributed by atoms with van der Waals surface area (Å²) < 4.78 is 0. The van der Waals surface area contributed by atoms with Gasteiger partial charge in [-0.25, -0.2) is 0 Å². The molecule has 5 heteroatoms. The fraction of sp³-hybridized carbons (Fsp3) is 0.0625. The second kappa shape index (κ2) is 9.80. The molecule has 0 unspecified atom stereocenters. The standard InChI is InChI=1S/C32H22N4.Pt/c1-3-11-25-21(7-1)15-17-27-31(25)29-13-5-9-23(35-29)20-34-28-18-16-22-8-2-4-12-26(22)32(28)30-14-6-10-24(36-30)19-33-27;/h1-18H,19-20H2;/q-2;+2. The van der Waals surface area contributed by atoms with Gasteiger partial charge in [-0.15, -0.1) is 11.4 Å². The van der Waals surface area contributed by atoms with Crippen molar-refractivity contribution in [2.45, 2.75) is 13.1 Å². The zero-order chi connectivity index (χ0) is 23.9. The third-order valence-electron chi connectivity index (χ3n) is 6.76. The SMILES string of the molecule is [Pt+2].c1cc2nc(c1)-c1c(ccc3ccccc13)[N-]Cc1cccc(n1)-c1c(ccc3ccccc13)[N-]C2. The Bertz CT molecular complexity index is 1630. The summed E-state index contributed by atoms with van der Waals surface area (Å²) in [6.45, 7) is 0.965. The molecule has 1 aliphatic heterocycles. The molecule has 0 spiro atoms. The van der Waals surface area contributed by atoms with Crippen LogP contribution in [0.2, 0.25) is 0 Å². The Morgan fingerprint density at radius 2 is 0.919 bits per heavy atom. The predicted molar refractivity (Wildman–Crippen MR) is 148 cm³/mol. The van der Waals surface area contributed by atoms with E-state index < -0.39 is 0 Å². The minimum Gasteiger partial charge on any atom is -0.679 e. The summed E-state index contributed by atoms with van der Waals surface area (Å²) in [6, 6.07) is 37.6. The van der Waals surface area contributed by atoms with Crippen molar-refractivity contribution in [2.75, 3.05) is 0 Å². The smallest absolute Gasteiger partial charge is 0.679 e. The minimum atomic E-state index is 0. The third-order valence-corrected chi connectivity index (χ3v) is 6.76. The topological polar surface area (TPSA) is 54.0 Å². The van der Waals surface area contributed by atoms with Crippen LogP contribution >= 0.6 is 0 Å². The van der Waals surface area contributed by atoms with Crippen LogP contribution < -0.4 is 0 Å². The van der Waals surface area contributed by atoms with Crippen molar-refractivity contribution < 1.29 is 21.1 Å². The Balaban J connectivity index is 0.00000252. The molecule has 0 saturated carbocycles. The molecule has 0 radical (unpaired) electrons. The monoisotopic (exact) mass is 657 g/mol. The van der Waals surface area contributed by atoms with E-state index in [0.717, 1.165) is 56.0 Å². The van der Waals surface area contributed by atoms with Gasteiger partial charge in [0.25, 0.3) is 0 Å². The van der Waals surface area contributed by atoms with Crippen LogP contribution in [0.5, 0.6) is 0 Å². The second-order valence-electron chi connectivity index (χ2n) is 9.02. The van der Waals surface area contributed by atoms with E-state index in [1.54, 1.807) is 0 Å². The van der Waals surface area contributed by atoms with Crippen LogP contribution in [0.4, 0.5) is 11.4 Å². The first-order valence-electron chi connectivity index (χ1n) is 12.1. The Kier molecular flexibility index (Phi) is 6.19. The number of pyridine rings is 2. The number of hydrogen-bond donors (Lipinski definition) is 0. The van der Waals surface area contributed by atoms with Gasteiger partial charge >= 0.3 is 21.1 Å². The zero-order valence-corrected chi connectivity index (χ0v) is 22.2. The van der Waals surface area contributed by atoms with Gasteiger partial charge in [-0.1, -0.05) is 98.0 Å². The van der Waals surface area contributed by atoms with Gasteiger partial charge in [-0.3, -0.25) is 9.97 Å². The molecule has 0 amide bonds. The van der Waals surface area contributed by atoms with Crippen LogP contribution in [0.15, 0.2) is 109 Å². The average Bonchev–Trinajstić information content (AvgIpc) is 2.94. The number of fused-ring (bicyclic) bond motifs is 12. The molecule has 0 aliphatic carbocycles. The molecule has 7 rings (SSSR count). The van der Waals surface area contributed by atoms with Crippen LogP contribution in [-0.2, 0) is 34.2 Å². The first-order chi connectivity index (χ1) is 17.8. The van der Waals surface area contributed by atoms with E-state index in [9.17, 15) is 0 Å². The number of benzene rings is 4. The van der Waals surface area contributed by atoms with Crippen LogP contribution in [0, 0.1) is 0 Å². The summed E-state index contributed by atoms with van der Waals surface area (Å²) in [7, 11) is 0. The van der Waals surface area contributed by atoms with Crippen LogP contribution in [-0.4, -0.2) is 9.97 Å². The number of aromatic nitrogens is 2. The Hall–Kier alpha value is -4.01. The summed E-state index contributed by atoms with van der Waals surface area (Å²) in [6.07, 6.45) is 0. The summed E-state index contributed by atoms with van der Waals surface area (Å²) in [5.41, 5.74) is 7.61. The van der Waals surface area contributed by atoms with Crippen molar-refractivity contribution in [3.63, 3.8) is 0 Å². The van der Waals surface area contributed by atoms with E-state index in [4.69, 9.17) is 20.6 Å². The van der Waals surface area contributed by atoms with Gasteiger partial charge in [-0.2, -0.15) is 0 Å². The molecule has 0 saturated heterocycles. The molecule has 0 atom stereocenters. The molecule has 3 heterocycles. The van der Waals surface area contributed by atoms with Gasteiger partial charge in [0.2, 0.25) is 0 Å². The minimum absolute atomic E-state index is 0. The summed E-state index contributed by atoms with van der Waals surface area (Å²) >= 11 is 0. The first kappa shape index (κ1) is 23.4. The molecule has 4 nitrogen and oxygen atoms in total. The van der Waals surface area contributed by atoms with Gasteiger partial charge in [-0.05, 0) is 56.9 Å². The van der Waals surface area contributed by atoms with E-state index in [1.165, 1.54) is 10.8 Å². The maximum absolute atomic E-state index is 5.05. The van der Waals surface area contributed by atoms with Crippen molar-refractivity contribution in [1.82, 2.24) is 9.97 Å². The Morgan fingerprint density at radius 1 is 0.459 bits per heavy atom. The number of nitrogens with zero attached hydrogens (tertiary/aromatic N) is 4. The van der Waals surface area contributed by atoms with Crippen molar-refractivity contribution in [3.05, 3.63) is 131 Å². The van der Waals surface area contributed by atoms with E-state index in [-0.39, 0.29) is 21.1 Å². The van der Waals surface area contributed by atoms with Crippen molar-refractivity contribution >= 4 is 32.9 Å². The quantitative estimate of drug-likeness (QED) is 0.164. The molecular formula is C32H22N4Pt. The fourth-order valence-electron chi connectivity index (χ4n) is 5.07. The van der Waals surface area contributed by atoms with Gasteiger partial charge in [0.15, 0.2) is 0 Å². The third kappa shape index (κ3) is 4.28. The number of hydrogen-bond acceptors (Lipinski definition) is 2. The molecular weight excluding hydrogens is 635 g/mol. The molecule has 0 N–H and O–H groups in total. The van der Waals surface area contributed by atoms with E-state index in [1.807, 2.05) is 12.1 Å². The normalized spacial score (nSPS) is 12.3. The largest absolute Gasteiger partial charge is 2.00 e. The Morgan fingerprint density at radius 3 is 1.41 bits per heavy atom. The van der Waals surface area contributed by atoms with E-state index in [2.05, 4.69) is 97.1 Å². The van der Waals surface area contributed by atoms with Crippen LogP contribution in [0.1, 0.15) is 11.4 Å². The molecule has 6 aromatic rings. The molecule has 180 valence electrons. The molecule has 37 heavy (non-hydrogen) atoms. The van der Waals surface area contributed by atoms with E-state index >= 15 is 0 Å². The molecule has 1 aliphatic rings. The molecule has 2 aromatic heterocycles. The van der Waals surface area contributed by atoms with Gasteiger partial charge < -0.3 is 10.6 Å². The van der Waals surface area contributed by atoms with Crippen LogP contribution in [0.3, 0.4) is 0 Å². The van der Waals surface area contributed by atoms with Gasteiger partial charge in [0.1, 0.15) is 0 Å². The Labute approximate surface area is 230 Å². The number of rotatable bonds is 0. The van der Waals surface area contributed by atoms with Crippen LogP contribution in [0.25, 0.3) is 54.7 Å². The van der Waals surface area contributed by atoms with Gasteiger partial charge in [0.05, 0.1) is 11.4 Å². The maximum atomic E-state index is 5.05. The predicted octanol–water partition coefficient (Wildman–Crippen LogP) is 8.84. The van der Waals surface area contributed by atoms with Crippen molar-refractivity contribution in [3.8, 4) is 22.5 Å². The molecule has 4 bridgehead atoms. The van der Waals surface area contributed by atoms with Crippen molar-refractivity contribution in [2.24, 2.45) is 0 Å². The van der Waals surface area contributed by atoms with Gasteiger partial charge in [0, 0.05) is 11.4 Å². The summed E-state index contributed by atoms with van der Waals surface area (Å²) in [4.78, 5) is 10.1. The van der Waals surface area contributed by atoms with Crippen molar-refractivity contribution in [1.29, 1.82) is 0 Å². The van der Waals surface area contributed by atoms with E-state index in [0.29, 0.717) is 13.1 Å². The zero-order valence-electron chi connectivity index (χ0n) is 19.9. The second-order valence-corrected chi connectivity index (χ2v) is 9.02. The summed E-state index contributed by atoms with van der Waals surface area (Å²) in [5.74, 6) is 0. The first-order valence-corrected chi connectivity index (χ1v) is 12.1. The fourth-order valence-corrected chi connectivity index (χ4v) is 5.07. The summed E-state index contributed by atoms with van der Waals surface area (Å²) in [5, 5.41) is 14.7. The maximum Gasteiger partial charge on any atom is 2.00 e. The molecule has 4 aromatic carbocycles.